The van der Waals surface area contributed by atoms with Crippen molar-refractivity contribution in [2.24, 2.45) is 0 Å². The maximum atomic E-state index is 14.6. The van der Waals surface area contributed by atoms with Crippen molar-refractivity contribution < 1.29 is 31.5 Å². The average molecular weight is 438 g/mol. The molecule has 2 aromatic rings. The lowest BCUT2D eigenvalue weighted by Gasteiger charge is -2.33. The van der Waals surface area contributed by atoms with Crippen LogP contribution >= 0.6 is 0 Å². The molecule has 0 bridgehead atoms. The number of carbonyl (C=O) groups is 2. The van der Waals surface area contributed by atoms with Gasteiger partial charge in [-0.25, -0.2) is 26.8 Å². The average Bonchev–Trinajstić information content (AvgIpc) is 2.72. The summed E-state index contributed by atoms with van der Waals surface area (Å²) in [5.74, 6) is -2.21. The minimum Gasteiger partial charge on any atom is -0.465 e. The number of anilines is 1. The van der Waals surface area contributed by atoms with E-state index < -0.39 is 33.5 Å². The van der Waals surface area contributed by atoms with E-state index in [1.54, 1.807) is 0 Å². The van der Waals surface area contributed by atoms with Crippen LogP contribution in [0.3, 0.4) is 0 Å². The van der Waals surface area contributed by atoms with E-state index in [2.05, 4.69) is 4.74 Å². The number of rotatable bonds is 4. The van der Waals surface area contributed by atoms with Crippen LogP contribution in [0.15, 0.2) is 42.5 Å². The Balaban J connectivity index is 1.89. The van der Waals surface area contributed by atoms with Gasteiger partial charge in [-0.3, -0.25) is 4.90 Å². The number of carbonyl (C=O) groups excluding carboxylic acids is 2. The highest BCUT2D eigenvalue weighted by atomic mass is 32.2. The number of benzene rings is 2. The number of urea groups is 1. The molecule has 2 aromatic carbocycles. The molecular formula is C20H20F2N2O5S. The van der Waals surface area contributed by atoms with Gasteiger partial charge in [-0.05, 0) is 36.4 Å². The summed E-state index contributed by atoms with van der Waals surface area (Å²) in [7, 11) is -2.01. The van der Waals surface area contributed by atoms with Crippen LogP contribution in [0, 0.1) is 11.6 Å². The van der Waals surface area contributed by atoms with Crippen LogP contribution in [0.5, 0.6) is 0 Å². The maximum Gasteiger partial charge on any atom is 0.337 e. The van der Waals surface area contributed by atoms with Gasteiger partial charge in [0, 0.05) is 24.3 Å². The largest absolute Gasteiger partial charge is 0.465 e. The molecule has 1 heterocycles. The lowest BCUT2D eigenvalue weighted by atomic mass is 10.1. The highest BCUT2D eigenvalue weighted by Crippen LogP contribution is 2.23. The third-order valence-corrected chi connectivity index (χ3v) is 6.40. The van der Waals surface area contributed by atoms with E-state index in [4.69, 9.17) is 0 Å². The lowest BCUT2D eigenvalue weighted by Crippen LogP contribution is -2.49. The third-order valence-electron chi connectivity index (χ3n) is 4.79. The molecule has 0 radical (unpaired) electrons. The Morgan fingerprint density at radius 1 is 1.07 bits per heavy atom. The molecule has 3 rings (SSSR count). The number of halogens is 2. The predicted octanol–water partition coefficient (Wildman–Crippen LogP) is 2.61. The van der Waals surface area contributed by atoms with Gasteiger partial charge in [0.25, 0.3) is 0 Å². The number of hydrogen-bond acceptors (Lipinski definition) is 5. The molecule has 7 nitrogen and oxygen atoms in total. The molecule has 30 heavy (non-hydrogen) atoms. The molecule has 0 aromatic heterocycles. The van der Waals surface area contributed by atoms with Crippen molar-refractivity contribution in [2.75, 3.05) is 36.6 Å². The van der Waals surface area contributed by atoms with Crippen LogP contribution in [-0.2, 0) is 21.1 Å². The maximum absolute atomic E-state index is 14.6. The Labute approximate surface area is 172 Å². The highest BCUT2D eigenvalue weighted by molar-refractivity contribution is 7.91. The van der Waals surface area contributed by atoms with E-state index in [-0.39, 0.29) is 42.3 Å². The fraction of sp³-hybridized carbons (Fsp3) is 0.300. The molecule has 160 valence electrons. The summed E-state index contributed by atoms with van der Waals surface area (Å²) in [4.78, 5) is 27.3. The molecular weight excluding hydrogens is 418 g/mol. The summed E-state index contributed by atoms with van der Waals surface area (Å²) < 4.78 is 55.8. The fourth-order valence-electron chi connectivity index (χ4n) is 3.06. The van der Waals surface area contributed by atoms with Crippen LogP contribution in [0.2, 0.25) is 0 Å². The quantitative estimate of drug-likeness (QED) is 0.686. The van der Waals surface area contributed by atoms with E-state index in [1.165, 1.54) is 53.3 Å². The molecule has 10 heteroatoms. The number of ether oxygens (including phenoxy) is 1. The first-order valence-electron chi connectivity index (χ1n) is 9.09. The van der Waals surface area contributed by atoms with Crippen LogP contribution in [0.25, 0.3) is 0 Å². The zero-order valence-corrected chi connectivity index (χ0v) is 17.0. The minimum atomic E-state index is -3.19. The SMILES string of the molecule is COC(=O)c1ccc(CN(C(=O)N2CCS(=O)(=O)CC2)c2ccc(F)cc2)c(F)c1. The number of hydrogen-bond donors (Lipinski definition) is 0. The van der Waals surface area contributed by atoms with Gasteiger partial charge < -0.3 is 9.64 Å². The molecule has 0 N–H and O–H groups in total. The van der Waals surface area contributed by atoms with Gasteiger partial charge in [0.15, 0.2) is 9.84 Å². The van der Waals surface area contributed by atoms with Gasteiger partial charge in [-0.15, -0.1) is 0 Å². The first kappa shape index (κ1) is 21.7. The second-order valence-electron chi connectivity index (χ2n) is 6.78. The summed E-state index contributed by atoms with van der Waals surface area (Å²) in [6.45, 7) is -0.160. The highest BCUT2D eigenvalue weighted by Gasteiger charge is 2.29. The molecule has 0 unspecified atom stereocenters. The molecule has 1 fully saturated rings. The number of sulfone groups is 1. The Kier molecular flexibility index (Phi) is 6.35. The van der Waals surface area contributed by atoms with E-state index >= 15 is 0 Å². The normalized spacial score (nSPS) is 15.5. The number of nitrogens with zero attached hydrogens (tertiary/aromatic N) is 2. The van der Waals surface area contributed by atoms with E-state index in [0.717, 1.165) is 6.07 Å². The summed E-state index contributed by atoms with van der Waals surface area (Å²) in [5, 5.41) is 0. The van der Waals surface area contributed by atoms with Crippen LogP contribution in [0.4, 0.5) is 19.3 Å². The molecule has 0 atom stereocenters. The summed E-state index contributed by atoms with van der Waals surface area (Å²) in [6.07, 6.45) is 0. The molecule has 0 spiro atoms. The third kappa shape index (κ3) is 4.93. The number of methoxy groups -OCH3 is 1. The summed E-state index contributed by atoms with van der Waals surface area (Å²) >= 11 is 0. The monoisotopic (exact) mass is 438 g/mol. The van der Waals surface area contributed by atoms with Crippen LogP contribution < -0.4 is 4.90 Å². The van der Waals surface area contributed by atoms with E-state index in [1.807, 2.05) is 0 Å². The first-order valence-corrected chi connectivity index (χ1v) is 10.9. The van der Waals surface area contributed by atoms with Gasteiger partial charge >= 0.3 is 12.0 Å². The lowest BCUT2D eigenvalue weighted by molar-refractivity contribution is 0.0600. The van der Waals surface area contributed by atoms with Crippen molar-refractivity contribution in [3.63, 3.8) is 0 Å². The molecule has 1 aliphatic rings. The van der Waals surface area contributed by atoms with Gasteiger partial charge in [0.05, 0.1) is 30.7 Å². The molecule has 1 saturated heterocycles. The van der Waals surface area contributed by atoms with Gasteiger partial charge in [-0.2, -0.15) is 0 Å². The second kappa shape index (κ2) is 8.78. The molecule has 2 amide bonds. The summed E-state index contributed by atoms with van der Waals surface area (Å²) in [6, 6.07) is 8.36. The predicted molar refractivity (Wildman–Crippen MR) is 106 cm³/mol. The summed E-state index contributed by atoms with van der Waals surface area (Å²) in [5.41, 5.74) is 0.482. The van der Waals surface area contributed by atoms with Crippen molar-refractivity contribution in [3.05, 3.63) is 65.2 Å². The van der Waals surface area contributed by atoms with Crippen molar-refractivity contribution in [2.45, 2.75) is 6.54 Å². The Bertz CT molecular complexity index is 1040. The van der Waals surface area contributed by atoms with Crippen LogP contribution in [0.1, 0.15) is 15.9 Å². The first-order chi connectivity index (χ1) is 14.2. The Morgan fingerprint density at radius 3 is 2.27 bits per heavy atom. The zero-order chi connectivity index (χ0) is 21.9. The Morgan fingerprint density at radius 2 is 1.70 bits per heavy atom. The van der Waals surface area contributed by atoms with Crippen molar-refractivity contribution >= 4 is 27.5 Å². The van der Waals surface area contributed by atoms with Crippen molar-refractivity contribution in [1.29, 1.82) is 0 Å². The minimum absolute atomic E-state index is 0.0165. The smallest absolute Gasteiger partial charge is 0.337 e. The van der Waals surface area contributed by atoms with E-state index in [0.29, 0.717) is 5.69 Å². The van der Waals surface area contributed by atoms with Crippen molar-refractivity contribution in [3.8, 4) is 0 Å². The zero-order valence-electron chi connectivity index (χ0n) is 16.2. The topological polar surface area (TPSA) is 84.0 Å². The molecule has 0 aliphatic carbocycles. The van der Waals surface area contributed by atoms with Gasteiger partial charge in [-0.1, -0.05) is 6.07 Å². The van der Waals surface area contributed by atoms with Crippen LogP contribution in [-0.4, -0.2) is 57.0 Å². The standard InChI is InChI=1S/C20H20F2N2O5S/c1-29-19(25)14-2-3-15(18(22)12-14)13-24(17-6-4-16(21)5-7-17)20(26)23-8-10-30(27,28)11-9-23/h2-7,12H,8-11,13H2,1H3. The second-order valence-corrected chi connectivity index (χ2v) is 9.09. The van der Waals surface area contributed by atoms with E-state index in [9.17, 15) is 26.8 Å². The number of amides is 2. The number of esters is 1. The Hall–Kier alpha value is -3.01. The van der Waals surface area contributed by atoms with Gasteiger partial charge in [0.2, 0.25) is 0 Å². The van der Waals surface area contributed by atoms with Crippen molar-refractivity contribution in [1.82, 2.24) is 4.90 Å². The fourth-order valence-corrected chi connectivity index (χ4v) is 4.26. The molecule has 1 aliphatic heterocycles. The van der Waals surface area contributed by atoms with Gasteiger partial charge in [0.1, 0.15) is 11.6 Å². The molecule has 0 saturated carbocycles.